The van der Waals surface area contributed by atoms with E-state index in [1.54, 1.807) is 0 Å². The molecule has 0 spiro atoms. The number of amides is 1. The molecule has 19 heavy (non-hydrogen) atoms. The van der Waals surface area contributed by atoms with Crippen LogP contribution < -0.4 is 11.1 Å². The summed E-state index contributed by atoms with van der Waals surface area (Å²) in [5.41, 5.74) is 6.78. The molecule has 0 saturated carbocycles. The summed E-state index contributed by atoms with van der Waals surface area (Å²) in [5.74, 6) is -0.565. The summed E-state index contributed by atoms with van der Waals surface area (Å²) < 4.78 is 0. The van der Waals surface area contributed by atoms with Crippen LogP contribution >= 0.6 is 11.8 Å². The van der Waals surface area contributed by atoms with Crippen molar-refractivity contribution in [1.82, 2.24) is 5.32 Å². The SMILES string of the molecule is NC(CSCC(=O)NCCC1=CCCCC1)C(=O)O. The number of aliphatic carboxylic acids is 1. The van der Waals surface area contributed by atoms with E-state index in [0.717, 1.165) is 19.3 Å². The van der Waals surface area contributed by atoms with Crippen LogP contribution in [0.2, 0.25) is 0 Å². The molecule has 6 heteroatoms. The highest BCUT2D eigenvalue weighted by atomic mass is 32.2. The third-order valence-corrected chi connectivity index (χ3v) is 4.06. The molecule has 0 radical (unpaired) electrons. The predicted octanol–water partition coefficient (Wildman–Crippen LogP) is 1.14. The predicted molar refractivity (Wildman–Crippen MR) is 77.1 cm³/mol. The van der Waals surface area contributed by atoms with Gasteiger partial charge in [0.1, 0.15) is 6.04 Å². The summed E-state index contributed by atoms with van der Waals surface area (Å²) in [4.78, 5) is 22.0. The highest BCUT2D eigenvalue weighted by Gasteiger charge is 2.12. The fourth-order valence-electron chi connectivity index (χ4n) is 1.90. The first-order valence-corrected chi connectivity index (χ1v) is 7.76. The molecule has 1 atom stereocenters. The third-order valence-electron chi connectivity index (χ3n) is 3.00. The zero-order valence-electron chi connectivity index (χ0n) is 11.1. The van der Waals surface area contributed by atoms with Crippen LogP contribution in [0.25, 0.3) is 0 Å². The molecule has 1 aliphatic carbocycles. The second-order valence-electron chi connectivity index (χ2n) is 4.67. The van der Waals surface area contributed by atoms with Gasteiger partial charge in [-0.2, -0.15) is 0 Å². The Morgan fingerprint density at radius 3 is 2.89 bits per heavy atom. The summed E-state index contributed by atoms with van der Waals surface area (Å²) in [5, 5.41) is 11.4. The Balaban J connectivity index is 2.04. The van der Waals surface area contributed by atoms with Gasteiger partial charge in [0.05, 0.1) is 5.75 Å². The molecule has 0 heterocycles. The molecule has 108 valence electrons. The molecular weight excluding hydrogens is 264 g/mol. The van der Waals surface area contributed by atoms with Crippen molar-refractivity contribution in [1.29, 1.82) is 0 Å². The van der Waals surface area contributed by atoms with Crippen molar-refractivity contribution in [2.75, 3.05) is 18.1 Å². The smallest absolute Gasteiger partial charge is 0.321 e. The topological polar surface area (TPSA) is 92.4 Å². The molecule has 0 bridgehead atoms. The van der Waals surface area contributed by atoms with Gasteiger partial charge in [0.15, 0.2) is 0 Å². The maximum atomic E-state index is 11.5. The van der Waals surface area contributed by atoms with Crippen LogP contribution in [0.15, 0.2) is 11.6 Å². The van der Waals surface area contributed by atoms with E-state index < -0.39 is 12.0 Å². The lowest BCUT2D eigenvalue weighted by Crippen LogP contribution is -2.33. The molecule has 0 aromatic heterocycles. The molecule has 0 aliphatic heterocycles. The van der Waals surface area contributed by atoms with Gasteiger partial charge in [0, 0.05) is 12.3 Å². The fourth-order valence-corrected chi connectivity index (χ4v) is 2.70. The van der Waals surface area contributed by atoms with Crippen LogP contribution in [0.3, 0.4) is 0 Å². The van der Waals surface area contributed by atoms with Crippen molar-refractivity contribution < 1.29 is 14.7 Å². The van der Waals surface area contributed by atoms with Gasteiger partial charge in [-0.25, -0.2) is 0 Å². The van der Waals surface area contributed by atoms with Crippen LogP contribution in [0.4, 0.5) is 0 Å². The van der Waals surface area contributed by atoms with E-state index in [-0.39, 0.29) is 17.4 Å². The Labute approximate surface area is 118 Å². The second-order valence-corrected chi connectivity index (χ2v) is 5.70. The van der Waals surface area contributed by atoms with Crippen LogP contribution in [0.5, 0.6) is 0 Å². The summed E-state index contributed by atoms with van der Waals surface area (Å²) in [7, 11) is 0. The van der Waals surface area contributed by atoms with Crippen molar-refractivity contribution in [3.8, 4) is 0 Å². The maximum absolute atomic E-state index is 11.5. The number of thioether (sulfide) groups is 1. The van der Waals surface area contributed by atoms with Gasteiger partial charge in [-0.1, -0.05) is 11.6 Å². The Morgan fingerprint density at radius 1 is 1.47 bits per heavy atom. The van der Waals surface area contributed by atoms with Gasteiger partial charge in [-0.05, 0) is 32.1 Å². The minimum absolute atomic E-state index is 0.0565. The lowest BCUT2D eigenvalue weighted by atomic mass is 9.97. The van der Waals surface area contributed by atoms with Gasteiger partial charge >= 0.3 is 5.97 Å². The summed E-state index contributed by atoms with van der Waals surface area (Å²) in [6.07, 6.45) is 8.03. The number of hydrogen-bond donors (Lipinski definition) is 3. The summed E-state index contributed by atoms with van der Waals surface area (Å²) in [6.45, 7) is 0.663. The van der Waals surface area contributed by atoms with Crippen molar-refractivity contribution in [2.45, 2.75) is 38.1 Å². The van der Waals surface area contributed by atoms with Gasteiger partial charge < -0.3 is 16.2 Å². The molecule has 1 unspecified atom stereocenters. The molecule has 1 amide bonds. The average Bonchev–Trinajstić information content (AvgIpc) is 2.39. The monoisotopic (exact) mass is 286 g/mol. The standard InChI is InChI=1S/C13H22N2O3S/c14-11(13(17)18)8-19-9-12(16)15-7-6-10-4-2-1-3-5-10/h4,11H,1-3,5-9,14H2,(H,15,16)(H,17,18). The van der Waals surface area contributed by atoms with Gasteiger partial charge in [-0.15, -0.1) is 11.8 Å². The molecule has 0 fully saturated rings. The lowest BCUT2D eigenvalue weighted by molar-refractivity contribution is -0.138. The Morgan fingerprint density at radius 2 is 2.26 bits per heavy atom. The molecule has 1 rings (SSSR count). The van der Waals surface area contributed by atoms with E-state index in [9.17, 15) is 9.59 Å². The molecule has 5 nitrogen and oxygen atoms in total. The number of carboxylic acids is 1. The molecule has 4 N–H and O–H groups in total. The molecule has 0 saturated heterocycles. The third kappa shape index (κ3) is 7.22. The number of hydrogen-bond acceptors (Lipinski definition) is 4. The van der Waals surface area contributed by atoms with Crippen LogP contribution in [-0.4, -0.2) is 41.1 Å². The number of nitrogens with two attached hydrogens (primary N) is 1. The van der Waals surface area contributed by atoms with Crippen molar-refractivity contribution in [3.05, 3.63) is 11.6 Å². The first-order chi connectivity index (χ1) is 9.09. The number of carbonyl (C=O) groups excluding carboxylic acids is 1. The van der Waals surface area contributed by atoms with Crippen molar-refractivity contribution in [3.63, 3.8) is 0 Å². The number of nitrogens with one attached hydrogen (secondary N) is 1. The van der Waals surface area contributed by atoms with Gasteiger partial charge in [0.2, 0.25) is 5.91 Å². The van der Waals surface area contributed by atoms with E-state index >= 15 is 0 Å². The zero-order valence-corrected chi connectivity index (χ0v) is 11.9. The second kappa shape index (κ2) is 8.98. The van der Waals surface area contributed by atoms with Crippen molar-refractivity contribution >= 4 is 23.6 Å². The normalized spacial score (nSPS) is 16.6. The fraction of sp³-hybridized carbons (Fsp3) is 0.692. The Hall–Kier alpha value is -1.01. The Kier molecular flexibility index (Phi) is 7.59. The van der Waals surface area contributed by atoms with Crippen LogP contribution in [-0.2, 0) is 9.59 Å². The van der Waals surface area contributed by atoms with E-state index in [2.05, 4.69) is 11.4 Å². The highest BCUT2D eigenvalue weighted by molar-refractivity contribution is 8.00. The number of carbonyl (C=O) groups is 2. The minimum atomic E-state index is -1.03. The first-order valence-electron chi connectivity index (χ1n) is 6.60. The minimum Gasteiger partial charge on any atom is -0.480 e. The molecule has 0 aromatic rings. The Bertz CT molecular complexity index is 345. The molecule has 0 aromatic carbocycles. The quantitative estimate of drug-likeness (QED) is 0.582. The summed E-state index contributed by atoms with van der Waals surface area (Å²) in [6, 6.07) is -0.898. The number of carboxylic acid groups (broad SMARTS) is 1. The largest absolute Gasteiger partial charge is 0.480 e. The van der Waals surface area contributed by atoms with E-state index in [4.69, 9.17) is 10.8 Å². The maximum Gasteiger partial charge on any atom is 0.321 e. The number of allylic oxidation sites excluding steroid dienone is 1. The molecule has 1 aliphatic rings. The first kappa shape index (κ1) is 16.0. The molecular formula is C13H22N2O3S. The number of rotatable bonds is 8. The van der Waals surface area contributed by atoms with E-state index in [0.29, 0.717) is 6.54 Å². The van der Waals surface area contributed by atoms with E-state index in [1.165, 1.54) is 30.2 Å². The highest BCUT2D eigenvalue weighted by Crippen LogP contribution is 2.19. The summed E-state index contributed by atoms with van der Waals surface area (Å²) >= 11 is 1.25. The average molecular weight is 286 g/mol. The van der Waals surface area contributed by atoms with E-state index in [1.807, 2.05) is 0 Å². The zero-order chi connectivity index (χ0) is 14.1. The lowest BCUT2D eigenvalue weighted by Gasteiger charge is -2.13. The van der Waals surface area contributed by atoms with Crippen LogP contribution in [0, 0.1) is 0 Å². The van der Waals surface area contributed by atoms with Crippen LogP contribution in [0.1, 0.15) is 32.1 Å². The van der Waals surface area contributed by atoms with Gasteiger partial charge in [0.25, 0.3) is 0 Å². The van der Waals surface area contributed by atoms with Gasteiger partial charge in [-0.3, -0.25) is 9.59 Å². The van der Waals surface area contributed by atoms with Crippen molar-refractivity contribution in [2.24, 2.45) is 5.73 Å².